The minimum atomic E-state index is -0.240. The summed E-state index contributed by atoms with van der Waals surface area (Å²) in [6.45, 7) is 7.36. The number of nitrogens with one attached hydrogen (secondary N) is 2. The summed E-state index contributed by atoms with van der Waals surface area (Å²) in [6.07, 6.45) is 4.04. The molecule has 0 bridgehead atoms. The van der Waals surface area contributed by atoms with Crippen molar-refractivity contribution in [3.63, 3.8) is 0 Å². The summed E-state index contributed by atoms with van der Waals surface area (Å²) in [5.74, 6) is -0.196. The molecule has 3 heterocycles. The number of fused-ring (bicyclic) bond motifs is 4. The van der Waals surface area contributed by atoms with Crippen LogP contribution < -0.4 is 5.32 Å². The van der Waals surface area contributed by atoms with Crippen molar-refractivity contribution >= 4 is 16.6 Å². The normalized spacial score (nSPS) is 26.3. The monoisotopic (exact) mass is 364 g/mol. The van der Waals surface area contributed by atoms with E-state index in [4.69, 9.17) is 4.74 Å². The van der Waals surface area contributed by atoms with E-state index in [0.29, 0.717) is 5.56 Å². The number of anilines is 1. The Balaban J connectivity index is 1.74. The Morgan fingerprint density at radius 2 is 1.96 bits per heavy atom. The van der Waals surface area contributed by atoms with E-state index in [1.54, 1.807) is 6.07 Å². The number of para-hydroxylation sites is 1. The van der Waals surface area contributed by atoms with E-state index in [9.17, 15) is 0 Å². The maximum Gasteiger partial charge on any atom is 0.133 e. The lowest BCUT2D eigenvalue weighted by molar-refractivity contribution is -0.0720. The van der Waals surface area contributed by atoms with Gasteiger partial charge in [-0.1, -0.05) is 25.1 Å². The van der Waals surface area contributed by atoms with Gasteiger partial charge in [0.05, 0.1) is 17.2 Å². The van der Waals surface area contributed by atoms with Crippen LogP contribution in [0.3, 0.4) is 0 Å². The molecular formula is C23H25FN2O. The maximum atomic E-state index is 15.2. The van der Waals surface area contributed by atoms with E-state index in [1.807, 2.05) is 36.5 Å². The fourth-order valence-corrected chi connectivity index (χ4v) is 5.31. The van der Waals surface area contributed by atoms with Crippen LogP contribution in [-0.4, -0.2) is 23.2 Å². The number of aromatic nitrogens is 1. The molecular weight excluding hydrogens is 339 g/mol. The van der Waals surface area contributed by atoms with Crippen molar-refractivity contribution in [3.05, 3.63) is 54.0 Å². The summed E-state index contributed by atoms with van der Waals surface area (Å²) in [4.78, 5) is 3.27. The highest BCUT2D eigenvalue weighted by Crippen LogP contribution is 2.51. The second-order valence-electron chi connectivity index (χ2n) is 8.74. The fourth-order valence-electron chi connectivity index (χ4n) is 5.31. The Hall–Kier alpha value is -2.33. The van der Waals surface area contributed by atoms with Gasteiger partial charge in [-0.2, -0.15) is 0 Å². The summed E-state index contributed by atoms with van der Waals surface area (Å²) in [6, 6.07) is 11.8. The summed E-state index contributed by atoms with van der Waals surface area (Å²) >= 11 is 0. The van der Waals surface area contributed by atoms with Crippen LogP contribution in [-0.2, 0) is 10.2 Å². The Morgan fingerprint density at radius 1 is 1.11 bits per heavy atom. The van der Waals surface area contributed by atoms with Gasteiger partial charge < -0.3 is 15.0 Å². The van der Waals surface area contributed by atoms with Crippen molar-refractivity contribution in [2.24, 2.45) is 0 Å². The quantitative estimate of drug-likeness (QED) is 0.588. The lowest BCUT2D eigenvalue weighted by atomic mass is 9.63. The standard InChI is InChI=1S/C23H25FN2O/c1-22(2)21-23(3,9-5-11-27-21)17-12-16(18(24)13-19(17)26-22)15-7-4-6-14-8-10-25-20(14)15/h4,6-8,10,12-13,21,25-26H,5,9,11H2,1-3H3. The van der Waals surface area contributed by atoms with Crippen LogP contribution in [0.4, 0.5) is 10.1 Å². The Morgan fingerprint density at radius 3 is 2.81 bits per heavy atom. The Kier molecular flexibility index (Phi) is 3.48. The minimum Gasteiger partial charge on any atom is -0.377 e. The fraction of sp³-hybridized carbons (Fsp3) is 0.391. The molecule has 0 amide bonds. The van der Waals surface area contributed by atoms with Crippen molar-refractivity contribution in [1.82, 2.24) is 4.98 Å². The second kappa shape index (κ2) is 5.59. The number of aromatic amines is 1. The van der Waals surface area contributed by atoms with Crippen molar-refractivity contribution in [2.75, 3.05) is 11.9 Å². The molecule has 0 spiro atoms. The molecule has 0 radical (unpaired) electrons. The minimum absolute atomic E-state index is 0.0610. The molecule has 0 saturated carbocycles. The highest BCUT2D eigenvalue weighted by Gasteiger charge is 2.52. The third-order valence-electron chi connectivity index (χ3n) is 6.42. The largest absolute Gasteiger partial charge is 0.377 e. The summed E-state index contributed by atoms with van der Waals surface area (Å²) in [7, 11) is 0. The van der Waals surface area contributed by atoms with Crippen LogP contribution in [0.1, 0.15) is 39.2 Å². The zero-order valence-electron chi connectivity index (χ0n) is 16.0. The van der Waals surface area contributed by atoms with Crippen LogP contribution in [0, 0.1) is 5.82 Å². The van der Waals surface area contributed by atoms with Gasteiger partial charge in [-0.25, -0.2) is 4.39 Å². The van der Waals surface area contributed by atoms with Crippen LogP contribution in [0.25, 0.3) is 22.0 Å². The molecule has 2 aliphatic heterocycles. The summed E-state index contributed by atoms with van der Waals surface area (Å²) in [5, 5.41) is 4.63. The molecule has 0 aliphatic carbocycles. The maximum absolute atomic E-state index is 15.2. The number of hydrogen-bond acceptors (Lipinski definition) is 2. The Bertz CT molecular complexity index is 1040. The molecule has 1 fully saturated rings. The topological polar surface area (TPSA) is 37.0 Å². The number of hydrogen-bond donors (Lipinski definition) is 2. The molecule has 1 aromatic heterocycles. The first kappa shape index (κ1) is 16.8. The van der Waals surface area contributed by atoms with Gasteiger partial charge in [-0.05, 0) is 55.8 Å². The lowest BCUT2D eigenvalue weighted by Crippen LogP contribution is -2.61. The van der Waals surface area contributed by atoms with E-state index in [2.05, 4.69) is 31.1 Å². The van der Waals surface area contributed by atoms with Crippen molar-refractivity contribution in [3.8, 4) is 11.1 Å². The Labute approximate surface area is 158 Å². The van der Waals surface area contributed by atoms with Gasteiger partial charge in [-0.3, -0.25) is 0 Å². The zero-order valence-corrected chi connectivity index (χ0v) is 16.0. The predicted octanol–water partition coefficient (Wildman–Crippen LogP) is 5.61. The van der Waals surface area contributed by atoms with Gasteiger partial charge in [-0.15, -0.1) is 0 Å². The third-order valence-corrected chi connectivity index (χ3v) is 6.42. The lowest BCUT2D eigenvalue weighted by Gasteiger charge is -2.54. The molecule has 2 aliphatic rings. The highest BCUT2D eigenvalue weighted by molar-refractivity contribution is 5.94. The first-order valence-corrected chi connectivity index (χ1v) is 9.70. The van der Waals surface area contributed by atoms with Crippen LogP contribution in [0.15, 0.2) is 42.6 Å². The molecule has 2 atom stereocenters. The molecule has 5 rings (SSSR count). The number of ether oxygens (including phenoxy) is 1. The van der Waals surface area contributed by atoms with Crippen LogP contribution >= 0.6 is 0 Å². The van der Waals surface area contributed by atoms with E-state index in [-0.39, 0.29) is 22.9 Å². The van der Waals surface area contributed by atoms with Gasteiger partial charge in [0.15, 0.2) is 0 Å². The zero-order chi connectivity index (χ0) is 18.8. The smallest absolute Gasteiger partial charge is 0.133 e. The van der Waals surface area contributed by atoms with Gasteiger partial charge in [0.2, 0.25) is 0 Å². The number of rotatable bonds is 1. The van der Waals surface area contributed by atoms with E-state index in [0.717, 1.165) is 47.2 Å². The summed E-state index contributed by atoms with van der Waals surface area (Å²) < 4.78 is 21.4. The molecule has 2 N–H and O–H groups in total. The molecule has 27 heavy (non-hydrogen) atoms. The van der Waals surface area contributed by atoms with Crippen molar-refractivity contribution in [1.29, 1.82) is 0 Å². The molecule has 1 saturated heterocycles. The van der Waals surface area contributed by atoms with Crippen molar-refractivity contribution in [2.45, 2.75) is 50.7 Å². The van der Waals surface area contributed by atoms with E-state index in [1.165, 1.54) is 0 Å². The molecule has 2 unspecified atom stereocenters. The SMILES string of the molecule is CC1(C)Nc2cc(F)c(-c3cccc4cc[nH]c34)cc2C2(C)CCCOC12. The first-order chi connectivity index (χ1) is 12.9. The second-order valence-corrected chi connectivity index (χ2v) is 8.74. The molecule has 2 aromatic carbocycles. The average Bonchev–Trinajstić information content (AvgIpc) is 3.10. The van der Waals surface area contributed by atoms with E-state index >= 15 is 4.39 Å². The first-order valence-electron chi connectivity index (χ1n) is 9.70. The molecule has 4 heteroatoms. The third kappa shape index (κ3) is 2.36. The number of benzene rings is 2. The van der Waals surface area contributed by atoms with Gasteiger partial charge in [0.1, 0.15) is 5.82 Å². The predicted molar refractivity (Wildman–Crippen MR) is 108 cm³/mol. The molecule has 3 aromatic rings. The van der Waals surface area contributed by atoms with Crippen LogP contribution in [0.2, 0.25) is 0 Å². The molecule has 140 valence electrons. The van der Waals surface area contributed by atoms with Gasteiger partial charge in [0.25, 0.3) is 0 Å². The number of halogens is 1. The highest BCUT2D eigenvalue weighted by atomic mass is 19.1. The van der Waals surface area contributed by atoms with E-state index < -0.39 is 0 Å². The van der Waals surface area contributed by atoms with Gasteiger partial charge in [0, 0.05) is 35.0 Å². The van der Waals surface area contributed by atoms with Gasteiger partial charge >= 0.3 is 0 Å². The molecule has 3 nitrogen and oxygen atoms in total. The summed E-state index contributed by atoms with van der Waals surface area (Å²) in [5.41, 5.74) is 4.20. The average molecular weight is 364 g/mol. The van der Waals surface area contributed by atoms with Crippen LogP contribution in [0.5, 0.6) is 0 Å². The number of H-pyrrole nitrogens is 1. The van der Waals surface area contributed by atoms with Crippen molar-refractivity contribution < 1.29 is 9.13 Å².